The number of aromatic nitrogens is 2. The van der Waals surface area contributed by atoms with E-state index < -0.39 is 11.9 Å². The molecule has 4 aromatic rings. The molecule has 40 heavy (non-hydrogen) atoms. The van der Waals surface area contributed by atoms with Gasteiger partial charge in [-0.25, -0.2) is 9.59 Å². The highest BCUT2D eigenvalue weighted by atomic mass is 16.4. The van der Waals surface area contributed by atoms with E-state index in [1.165, 1.54) is 11.4 Å². The molecular weight excluding hydrogens is 512 g/mol. The Morgan fingerprint density at radius 3 is 1.57 bits per heavy atom. The van der Waals surface area contributed by atoms with Crippen molar-refractivity contribution in [2.75, 3.05) is 13.1 Å². The highest BCUT2D eigenvalue weighted by Gasteiger charge is 2.20. The lowest BCUT2D eigenvalue weighted by Crippen LogP contribution is -2.33. The van der Waals surface area contributed by atoms with E-state index in [-0.39, 0.29) is 0 Å². The van der Waals surface area contributed by atoms with Crippen molar-refractivity contribution in [2.45, 2.75) is 50.9 Å². The lowest BCUT2D eigenvalue weighted by atomic mass is 10.1. The number of aliphatic carboxylic acids is 2. The maximum atomic E-state index is 9.55. The summed E-state index contributed by atoms with van der Waals surface area (Å²) in [6, 6.07) is 17.6. The van der Waals surface area contributed by atoms with Gasteiger partial charge in [-0.05, 0) is 61.4 Å². The number of carboxylic acid groups (broad SMARTS) is 2. The van der Waals surface area contributed by atoms with Crippen LogP contribution in [0.1, 0.15) is 47.8 Å². The summed E-state index contributed by atoms with van der Waals surface area (Å²) in [6.07, 6.45) is 13.1. The van der Waals surface area contributed by atoms with Gasteiger partial charge in [-0.2, -0.15) is 0 Å². The van der Waals surface area contributed by atoms with Crippen molar-refractivity contribution in [2.24, 2.45) is 0 Å². The fraction of sp³-hybridized carbons (Fsp3) is 0.333. The van der Waals surface area contributed by atoms with Gasteiger partial charge in [0.25, 0.3) is 0 Å². The summed E-state index contributed by atoms with van der Waals surface area (Å²) in [5.41, 5.74) is 2.80. The van der Waals surface area contributed by atoms with Crippen LogP contribution < -0.4 is 10.6 Å². The molecule has 2 aliphatic heterocycles. The maximum Gasteiger partial charge on any atom is 0.328 e. The molecule has 0 aliphatic carbocycles. The summed E-state index contributed by atoms with van der Waals surface area (Å²) in [6.45, 7) is 4.29. The SMILES string of the molecule is O=C(O)/C=C\C(=O)O.c1coc(CCC2NCCn3cccc32)c1.c1coc(CCC2NCCn3cccc32)c1. The van der Waals surface area contributed by atoms with Crippen molar-refractivity contribution in [3.63, 3.8) is 0 Å². The van der Waals surface area contributed by atoms with E-state index in [1.807, 2.05) is 24.3 Å². The largest absolute Gasteiger partial charge is 0.478 e. The van der Waals surface area contributed by atoms with Crippen LogP contribution >= 0.6 is 0 Å². The molecular formula is C30H36N4O6. The molecule has 0 saturated heterocycles. The highest BCUT2D eigenvalue weighted by molar-refractivity contribution is 5.89. The molecule has 4 aromatic heterocycles. The predicted octanol–water partition coefficient (Wildman–Crippen LogP) is 4.43. The Labute approximate surface area is 232 Å². The van der Waals surface area contributed by atoms with Crippen LogP contribution in [-0.4, -0.2) is 44.4 Å². The second-order valence-corrected chi connectivity index (χ2v) is 9.51. The first kappa shape index (κ1) is 28.7. The van der Waals surface area contributed by atoms with Gasteiger partial charge >= 0.3 is 11.9 Å². The third kappa shape index (κ3) is 8.62. The molecule has 0 amide bonds. The Kier molecular flexibility index (Phi) is 10.6. The van der Waals surface area contributed by atoms with Gasteiger partial charge in [0.1, 0.15) is 11.5 Å². The van der Waals surface area contributed by atoms with E-state index in [4.69, 9.17) is 19.0 Å². The highest BCUT2D eigenvalue weighted by Crippen LogP contribution is 2.24. The second-order valence-electron chi connectivity index (χ2n) is 9.51. The van der Waals surface area contributed by atoms with Gasteiger partial charge in [0.15, 0.2) is 0 Å². The second kappa shape index (κ2) is 14.8. The average molecular weight is 549 g/mol. The minimum atomic E-state index is -1.26. The van der Waals surface area contributed by atoms with Crippen LogP contribution in [0, 0.1) is 0 Å². The first-order valence-corrected chi connectivity index (χ1v) is 13.4. The van der Waals surface area contributed by atoms with Crippen molar-refractivity contribution in [3.8, 4) is 0 Å². The van der Waals surface area contributed by atoms with Crippen LogP contribution in [0.15, 0.2) is 94.4 Å². The zero-order valence-corrected chi connectivity index (χ0v) is 22.3. The number of hydrogen-bond donors (Lipinski definition) is 4. The van der Waals surface area contributed by atoms with E-state index in [0.717, 1.165) is 63.4 Å². The molecule has 4 N–H and O–H groups in total. The first-order valence-electron chi connectivity index (χ1n) is 13.4. The number of rotatable bonds is 8. The monoisotopic (exact) mass is 548 g/mol. The zero-order chi connectivity index (χ0) is 28.2. The topological polar surface area (TPSA) is 135 Å². The van der Waals surface area contributed by atoms with Gasteiger partial charge in [0, 0.05) is 87.0 Å². The number of carbonyl (C=O) groups is 2. The lowest BCUT2D eigenvalue weighted by molar-refractivity contribution is -0.134. The summed E-state index contributed by atoms with van der Waals surface area (Å²) >= 11 is 0. The predicted molar refractivity (Wildman–Crippen MR) is 149 cm³/mol. The molecule has 0 saturated carbocycles. The molecule has 2 atom stereocenters. The Bertz CT molecular complexity index is 1230. The minimum absolute atomic E-state index is 0.467. The molecule has 0 bridgehead atoms. The summed E-state index contributed by atoms with van der Waals surface area (Å²) < 4.78 is 15.4. The van der Waals surface area contributed by atoms with Crippen LogP contribution in [0.25, 0.3) is 0 Å². The lowest BCUT2D eigenvalue weighted by Gasteiger charge is -2.26. The van der Waals surface area contributed by atoms with Crippen molar-refractivity contribution >= 4 is 11.9 Å². The van der Waals surface area contributed by atoms with Crippen LogP contribution in [0.5, 0.6) is 0 Å². The molecule has 0 radical (unpaired) electrons. The van der Waals surface area contributed by atoms with Crippen molar-refractivity contribution in [1.29, 1.82) is 0 Å². The summed E-state index contributed by atoms with van der Waals surface area (Å²) in [5.74, 6) is -0.365. The Balaban J connectivity index is 0.000000148. The number of carboxylic acids is 2. The molecule has 10 nitrogen and oxygen atoms in total. The van der Waals surface area contributed by atoms with Crippen molar-refractivity contribution < 1.29 is 28.6 Å². The normalized spacial score (nSPS) is 17.6. The molecule has 2 unspecified atom stereocenters. The van der Waals surface area contributed by atoms with Crippen LogP contribution in [-0.2, 0) is 35.5 Å². The molecule has 2 aliphatic rings. The molecule has 0 spiro atoms. The number of nitrogens with zero attached hydrogens (tertiary/aromatic N) is 2. The standard InChI is InChI=1S/2C13H16N2O.C4H4O4/c2*1-4-13-12(14-7-9-15(13)8-1)6-5-11-3-2-10-16-11;5-3(6)1-2-4(7)8/h2*1-4,8,10,12,14H,5-7,9H2;1-2H,(H,5,6)(H,7,8)/b;;2-1-. The molecule has 0 aromatic carbocycles. The van der Waals surface area contributed by atoms with Gasteiger partial charge in [-0.1, -0.05) is 0 Å². The zero-order valence-electron chi connectivity index (χ0n) is 22.3. The van der Waals surface area contributed by atoms with Crippen molar-refractivity contribution in [1.82, 2.24) is 19.8 Å². The van der Waals surface area contributed by atoms with E-state index in [2.05, 4.69) is 56.4 Å². The number of aryl methyl sites for hydroxylation is 2. The van der Waals surface area contributed by atoms with Gasteiger partial charge in [0.2, 0.25) is 0 Å². The van der Waals surface area contributed by atoms with Gasteiger partial charge in [-0.3, -0.25) is 0 Å². The van der Waals surface area contributed by atoms with Gasteiger partial charge in [0.05, 0.1) is 12.5 Å². The van der Waals surface area contributed by atoms with E-state index in [0.29, 0.717) is 24.2 Å². The van der Waals surface area contributed by atoms with Gasteiger partial charge < -0.3 is 38.8 Å². The van der Waals surface area contributed by atoms with Crippen LogP contribution in [0.4, 0.5) is 0 Å². The summed E-state index contributed by atoms with van der Waals surface area (Å²) in [4.78, 5) is 19.1. The number of fused-ring (bicyclic) bond motifs is 2. The smallest absolute Gasteiger partial charge is 0.328 e. The summed E-state index contributed by atoms with van der Waals surface area (Å²) in [5, 5.41) is 22.7. The fourth-order valence-electron chi connectivity index (χ4n) is 4.95. The molecule has 10 heteroatoms. The van der Waals surface area contributed by atoms with E-state index in [1.54, 1.807) is 12.5 Å². The molecule has 6 heterocycles. The van der Waals surface area contributed by atoms with Gasteiger partial charge in [-0.15, -0.1) is 0 Å². The fourth-order valence-corrected chi connectivity index (χ4v) is 4.95. The average Bonchev–Trinajstić information content (AvgIpc) is 3.77. The Hall–Kier alpha value is -4.28. The molecule has 212 valence electrons. The maximum absolute atomic E-state index is 9.55. The Morgan fingerprint density at radius 2 is 1.20 bits per heavy atom. The molecule has 6 rings (SSSR count). The quantitative estimate of drug-likeness (QED) is 0.238. The summed E-state index contributed by atoms with van der Waals surface area (Å²) in [7, 11) is 0. The van der Waals surface area contributed by atoms with Crippen LogP contribution in [0.3, 0.4) is 0 Å². The van der Waals surface area contributed by atoms with E-state index >= 15 is 0 Å². The third-order valence-corrected chi connectivity index (χ3v) is 6.82. The Morgan fingerprint density at radius 1 is 0.750 bits per heavy atom. The molecule has 0 fully saturated rings. The number of furan rings is 2. The minimum Gasteiger partial charge on any atom is -0.478 e. The van der Waals surface area contributed by atoms with E-state index in [9.17, 15) is 9.59 Å². The third-order valence-electron chi connectivity index (χ3n) is 6.82. The van der Waals surface area contributed by atoms with Crippen LogP contribution in [0.2, 0.25) is 0 Å². The number of nitrogens with one attached hydrogen (secondary N) is 2. The number of hydrogen-bond acceptors (Lipinski definition) is 6. The first-order chi connectivity index (χ1) is 19.5. The van der Waals surface area contributed by atoms with Crippen molar-refractivity contribution in [3.05, 3.63) is 109 Å².